The Morgan fingerprint density at radius 1 is 1.36 bits per heavy atom. The second-order valence-electron chi connectivity index (χ2n) is 7.36. The molecule has 6 heteroatoms. The van der Waals surface area contributed by atoms with Crippen LogP contribution in [0.25, 0.3) is 10.2 Å². The third-order valence-corrected chi connectivity index (χ3v) is 6.12. The van der Waals surface area contributed by atoms with Crippen LogP contribution in [0.3, 0.4) is 0 Å². The van der Waals surface area contributed by atoms with Crippen molar-refractivity contribution in [1.29, 1.82) is 0 Å². The number of rotatable bonds is 7. The third kappa shape index (κ3) is 3.94. The molecule has 1 atom stereocenters. The molecule has 1 aliphatic heterocycles. The molecule has 0 aromatic carbocycles. The van der Waals surface area contributed by atoms with E-state index in [1.807, 2.05) is 6.92 Å². The molecule has 0 unspecified atom stereocenters. The van der Waals surface area contributed by atoms with E-state index in [9.17, 15) is 4.79 Å². The van der Waals surface area contributed by atoms with Gasteiger partial charge in [0.05, 0.1) is 5.39 Å². The molecular weight excluding hydrogens is 332 g/mol. The molecule has 0 spiro atoms. The van der Waals surface area contributed by atoms with Gasteiger partial charge in [-0.1, -0.05) is 12.8 Å². The van der Waals surface area contributed by atoms with Crippen molar-refractivity contribution in [2.24, 2.45) is 5.92 Å². The first-order valence-corrected chi connectivity index (χ1v) is 10.3. The van der Waals surface area contributed by atoms with Crippen molar-refractivity contribution in [3.63, 3.8) is 0 Å². The Bertz CT molecular complexity index is 755. The molecule has 2 aliphatic rings. The second-order valence-corrected chi connectivity index (χ2v) is 8.26. The van der Waals surface area contributed by atoms with Gasteiger partial charge in [0.15, 0.2) is 0 Å². The van der Waals surface area contributed by atoms with Gasteiger partial charge < -0.3 is 10.2 Å². The van der Waals surface area contributed by atoms with E-state index in [0.717, 1.165) is 60.1 Å². The van der Waals surface area contributed by atoms with Crippen molar-refractivity contribution in [1.82, 2.24) is 15.3 Å². The SMILES string of the molecule is Cc1nc(N2CCC[C@H]2CNC(=O)CCCC2CC2)c2ccsc2n1. The monoisotopic (exact) mass is 358 g/mol. The number of nitrogens with zero attached hydrogens (tertiary/aromatic N) is 3. The van der Waals surface area contributed by atoms with Gasteiger partial charge in [-0.05, 0) is 50.0 Å². The lowest BCUT2D eigenvalue weighted by molar-refractivity contribution is -0.121. The summed E-state index contributed by atoms with van der Waals surface area (Å²) in [5, 5.41) is 6.37. The van der Waals surface area contributed by atoms with Crippen LogP contribution in [0.2, 0.25) is 0 Å². The van der Waals surface area contributed by atoms with Crippen molar-refractivity contribution in [3.05, 3.63) is 17.3 Å². The van der Waals surface area contributed by atoms with Gasteiger partial charge in [-0.2, -0.15) is 0 Å². The van der Waals surface area contributed by atoms with Gasteiger partial charge in [-0.15, -0.1) is 11.3 Å². The van der Waals surface area contributed by atoms with E-state index in [1.165, 1.54) is 19.3 Å². The van der Waals surface area contributed by atoms with Crippen LogP contribution in [0.4, 0.5) is 5.82 Å². The number of nitrogens with one attached hydrogen (secondary N) is 1. The Hall–Kier alpha value is -1.69. The van der Waals surface area contributed by atoms with Crippen LogP contribution in [0.5, 0.6) is 0 Å². The summed E-state index contributed by atoms with van der Waals surface area (Å²) in [7, 11) is 0. The Morgan fingerprint density at radius 2 is 2.24 bits per heavy atom. The molecule has 134 valence electrons. The number of amides is 1. The first kappa shape index (κ1) is 16.8. The molecule has 1 saturated carbocycles. The molecule has 1 amide bonds. The zero-order chi connectivity index (χ0) is 17.2. The van der Waals surface area contributed by atoms with E-state index in [-0.39, 0.29) is 5.91 Å². The normalized spacial score (nSPS) is 20.4. The van der Waals surface area contributed by atoms with Gasteiger partial charge in [0, 0.05) is 25.6 Å². The van der Waals surface area contributed by atoms with Crippen LogP contribution in [-0.2, 0) is 4.79 Å². The molecule has 0 bridgehead atoms. The smallest absolute Gasteiger partial charge is 0.220 e. The van der Waals surface area contributed by atoms with Crippen LogP contribution in [0.1, 0.15) is 50.8 Å². The molecule has 25 heavy (non-hydrogen) atoms. The molecule has 1 saturated heterocycles. The predicted octanol–water partition coefficient (Wildman–Crippen LogP) is 3.67. The van der Waals surface area contributed by atoms with Crippen molar-refractivity contribution < 1.29 is 4.79 Å². The number of hydrogen-bond donors (Lipinski definition) is 1. The number of carbonyl (C=O) groups is 1. The highest BCUT2D eigenvalue weighted by Gasteiger charge is 2.28. The lowest BCUT2D eigenvalue weighted by Gasteiger charge is -2.26. The molecule has 4 rings (SSSR count). The summed E-state index contributed by atoms with van der Waals surface area (Å²) in [6, 6.07) is 2.45. The number of fused-ring (bicyclic) bond motifs is 1. The molecule has 2 aromatic heterocycles. The molecule has 5 nitrogen and oxygen atoms in total. The van der Waals surface area contributed by atoms with Crippen LogP contribution >= 0.6 is 11.3 Å². The first-order chi connectivity index (χ1) is 12.2. The zero-order valence-corrected chi connectivity index (χ0v) is 15.6. The first-order valence-electron chi connectivity index (χ1n) is 9.46. The van der Waals surface area contributed by atoms with E-state index >= 15 is 0 Å². The number of hydrogen-bond acceptors (Lipinski definition) is 5. The van der Waals surface area contributed by atoms with E-state index in [1.54, 1.807) is 11.3 Å². The van der Waals surface area contributed by atoms with Gasteiger partial charge >= 0.3 is 0 Å². The highest BCUT2D eigenvalue weighted by Crippen LogP contribution is 2.34. The average molecular weight is 359 g/mol. The number of anilines is 1. The summed E-state index contributed by atoms with van der Waals surface area (Å²) in [6.07, 6.45) is 7.92. The van der Waals surface area contributed by atoms with E-state index < -0.39 is 0 Å². The molecule has 2 aromatic rings. The number of aryl methyl sites for hydroxylation is 1. The lowest BCUT2D eigenvalue weighted by Crippen LogP contribution is -2.40. The highest BCUT2D eigenvalue weighted by molar-refractivity contribution is 7.16. The number of carbonyl (C=O) groups excluding carboxylic acids is 1. The third-order valence-electron chi connectivity index (χ3n) is 5.31. The van der Waals surface area contributed by atoms with Crippen LogP contribution in [0, 0.1) is 12.8 Å². The standard InChI is InChI=1S/C19H26N4OS/c1-13-21-18(16-9-11-25-19(16)22-13)23-10-3-5-15(23)12-20-17(24)6-2-4-14-7-8-14/h9,11,14-15H,2-8,10,12H2,1H3,(H,20,24)/t15-/m0/s1. The van der Waals surface area contributed by atoms with Crippen LogP contribution < -0.4 is 10.2 Å². The molecular formula is C19H26N4OS. The minimum Gasteiger partial charge on any atom is -0.354 e. The second kappa shape index (κ2) is 7.28. The van der Waals surface area contributed by atoms with Gasteiger partial charge in [0.25, 0.3) is 0 Å². The maximum atomic E-state index is 12.1. The highest BCUT2D eigenvalue weighted by atomic mass is 32.1. The van der Waals surface area contributed by atoms with Gasteiger partial charge in [0.1, 0.15) is 16.5 Å². The fraction of sp³-hybridized carbons (Fsp3) is 0.632. The summed E-state index contributed by atoms with van der Waals surface area (Å²) in [6.45, 7) is 3.68. The minimum absolute atomic E-state index is 0.201. The summed E-state index contributed by atoms with van der Waals surface area (Å²) in [4.78, 5) is 24.8. The molecule has 2 fully saturated rings. The molecule has 1 N–H and O–H groups in total. The summed E-state index contributed by atoms with van der Waals surface area (Å²) < 4.78 is 0. The Labute approximate surface area is 152 Å². The number of aromatic nitrogens is 2. The fourth-order valence-corrected chi connectivity index (χ4v) is 4.57. The lowest BCUT2D eigenvalue weighted by atomic mass is 10.1. The van der Waals surface area contributed by atoms with E-state index in [2.05, 4.69) is 26.6 Å². The van der Waals surface area contributed by atoms with Gasteiger partial charge in [-0.25, -0.2) is 9.97 Å². The van der Waals surface area contributed by atoms with E-state index in [0.29, 0.717) is 12.5 Å². The Morgan fingerprint density at radius 3 is 3.08 bits per heavy atom. The Balaban J connectivity index is 1.38. The Kier molecular flexibility index (Phi) is 4.88. The van der Waals surface area contributed by atoms with Crippen molar-refractivity contribution >= 4 is 33.3 Å². The predicted molar refractivity (Wildman–Crippen MR) is 102 cm³/mol. The molecule has 1 aliphatic carbocycles. The molecule has 0 radical (unpaired) electrons. The van der Waals surface area contributed by atoms with Crippen molar-refractivity contribution in [3.8, 4) is 0 Å². The average Bonchev–Trinajstić information content (AvgIpc) is 3.09. The van der Waals surface area contributed by atoms with Crippen LogP contribution in [0.15, 0.2) is 11.4 Å². The topological polar surface area (TPSA) is 58.1 Å². The molecule has 3 heterocycles. The maximum absolute atomic E-state index is 12.1. The van der Waals surface area contributed by atoms with E-state index in [4.69, 9.17) is 4.98 Å². The summed E-state index contributed by atoms with van der Waals surface area (Å²) in [5.41, 5.74) is 0. The van der Waals surface area contributed by atoms with Crippen molar-refractivity contribution in [2.45, 2.75) is 57.9 Å². The fourth-order valence-electron chi connectivity index (χ4n) is 3.77. The van der Waals surface area contributed by atoms with Gasteiger partial charge in [0.2, 0.25) is 5.91 Å². The van der Waals surface area contributed by atoms with Crippen LogP contribution in [-0.4, -0.2) is 35.0 Å². The maximum Gasteiger partial charge on any atom is 0.220 e. The van der Waals surface area contributed by atoms with Gasteiger partial charge in [-0.3, -0.25) is 4.79 Å². The number of thiophene rings is 1. The summed E-state index contributed by atoms with van der Waals surface area (Å²) in [5.74, 6) is 2.97. The van der Waals surface area contributed by atoms with Crippen molar-refractivity contribution in [2.75, 3.05) is 18.0 Å². The largest absolute Gasteiger partial charge is 0.354 e. The minimum atomic E-state index is 0.201. The zero-order valence-electron chi connectivity index (χ0n) is 14.8. The quantitative estimate of drug-likeness (QED) is 0.820. The summed E-state index contributed by atoms with van der Waals surface area (Å²) >= 11 is 1.66.